The van der Waals surface area contributed by atoms with Gasteiger partial charge in [-0.25, -0.2) is 0 Å². The van der Waals surface area contributed by atoms with Crippen molar-refractivity contribution in [3.05, 3.63) is 87.5 Å². The second kappa shape index (κ2) is 109. The molecule has 5 nitrogen and oxygen atoms in total. The molecule has 0 aliphatic heterocycles. The van der Waals surface area contributed by atoms with Gasteiger partial charge in [-0.2, -0.15) is 15.0 Å². The fourth-order valence-electron chi connectivity index (χ4n) is 24.3. The van der Waals surface area contributed by atoms with Crippen molar-refractivity contribution in [3.63, 3.8) is 0 Å². The zero-order chi connectivity index (χ0) is 105. The second-order valence-corrected chi connectivity index (χ2v) is 48.7. The van der Waals surface area contributed by atoms with E-state index in [0.29, 0.717) is 11.9 Å². The number of benzene rings is 3. The summed E-state index contributed by atoms with van der Waals surface area (Å²) in [6.45, 7) is 16.3. The van der Waals surface area contributed by atoms with Crippen molar-refractivity contribution in [2.45, 2.75) is 787 Å². The molecule has 0 radical (unpaired) electrons. The maximum absolute atomic E-state index is 5.57. The molecule has 0 saturated carbocycles. The Morgan fingerprint density at radius 3 is 0.426 bits per heavy atom. The van der Waals surface area contributed by atoms with Gasteiger partial charge in [-0.05, 0) is 147 Å². The van der Waals surface area contributed by atoms with E-state index in [2.05, 4.69) is 108 Å². The Kier molecular flexibility index (Phi) is 100. The summed E-state index contributed by atoms with van der Waals surface area (Å²) in [7, 11) is 0. The van der Waals surface area contributed by atoms with Crippen molar-refractivity contribution >= 4 is 23.3 Å². The Labute approximate surface area is 928 Å². The highest BCUT2D eigenvalue weighted by molar-refractivity contribution is 5.66. The first-order chi connectivity index (χ1) is 73.5. The van der Waals surface area contributed by atoms with E-state index in [1.165, 1.54) is 723 Å². The largest absolute Gasteiger partial charge is 0.324 e. The lowest BCUT2D eigenvalue weighted by molar-refractivity contribution is 0.523. The molecule has 0 aliphatic rings. The molecular weight excluding hydrogens is 1790 g/mol. The van der Waals surface area contributed by atoms with Crippen LogP contribution in [0.2, 0.25) is 0 Å². The Balaban J connectivity index is 1.69. The molecule has 4 rings (SSSR count). The summed E-state index contributed by atoms with van der Waals surface area (Å²) in [5.74, 6) is 2.06. The van der Waals surface area contributed by atoms with Crippen LogP contribution >= 0.6 is 0 Å². The van der Waals surface area contributed by atoms with E-state index >= 15 is 0 Å². The van der Waals surface area contributed by atoms with Gasteiger partial charge >= 0.3 is 0 Å². The highest BCUT2D eigenvalue weighted by atomic mass is 15.2. The Hall–Kier alpha value is -3.73. The number of aryl methyl sites for hydroxylation is 5. The van der Waals surface area contributed by atoms with Crippen molar-refractivity contribution in [2.75, 3.05) is 10.6 Å². The standard InChI is InChI=1S/C143H261N5/c1-8-15-21-27-33-39-45-51-57-63-69-75-81-87-93-99-105-111-117-133-127-137(128-134(118-112-106-100-94-88-82-76-70-64-58-52-46-40-34-28-22-16-9-2)139(133)121-115-109-103-97-91-85-79-73-67-61-55-49-43-37-31-25-19-12-5)144-142-146-141(132-125-123-131(14-7)124-126-132)147-143(148-142)145-138-129-135(119-113-107-101-95-89-83-77-71-65-59-53-47-41-35-29-23-17-10-3)140(122-116-110-104-98-92-86-80-74-68-62-56-50-44-38-32-26-20-13-6)136(130-138)120-114-108-102-96-90-84-78-72-66-60-54-48-42-36-30-24-18-11-4/h123-130H,8-122H2,1-7H3,(H2,144,145,146,147,148). The third-order valence-corrected chi connectivity index (χ3v) is 34.4. The molecular formula is C143H261N5. The van der Waals surface area contributed by atoms with Gasteiger partial charge in [0.1, 0.15) is 0 Å². The maximum atomic E-state index is 5.57. The van der Waals surface area contributed by atoms with Gasteiger partial charge in [-0.1, -0.05) is 728 Å². The number of nitrogens with zero attached hydrogens (tertiary/aromatic N) is 3. The maximum Gasteiger partial charge on any atom is 0.232 e. The van der Waals surface area contributed by atoms with Crippen LogP contribution in [0.3, 0.4) is 0 Å². The summed E-state index contributed by atoms with van der Waals surface area (Å²) >= 11 is 0. The van der Waals surface area contributed by atoms with Gasteiger partial charge in [0.15, 0.2) is 5.82 Å². The van der Waals surface area contributed by atoms with Crippen LogP contribution in [0.1, 0.15) is 781 Å². The number of nitrogens with one attached hydrogen (secondary N) is 2. The summed E-state index contributed by atoms with van der Waals surface area (Å²) in [4.78, 5) is 16.6. The minimum Gasteiger partial charge on any atom is -0.324 e. The number of hydrogen-bond acceptors (Lipinski definition) is 5. The topological polar surface area (TPSA) is 62.7 Å². The van der Waals surface area contributed by atoms with Crippen LogP contribution in [0.25, 0.3) is 11.4 Å². The van der Waals surface area contributed by atoms with E-state index in [4.69, 9.17) is 15.0 Å². The molecule has 5 heteroatoms. The third kappa shape index (κ3) is 83.6. The number of hydrogen-bond donors (Lipinski definition) is 2. The zero-order valence-corrected chi connectivity index (χ0v) is 102. The van der Waals surface area contributed by atoms with Crippen LogP contribution in [0.4, 0.5) is 23.3 Å². The Morgan fingerprint density at radius 1 is 0.149 bits per heavy atom. The minimum absolute atomic E-state index is 0.658. The highest BCUT2D eigenvalue weighted by Crippen LogP contribution is 2.35. The van der Waals surface area contributed by atoms with Crippen molar-refractivity contribution in [1.29, 1.82) is 0 Å². The number of anilines is 4. The lowest BCUT2D eigenvalue weighted by atomic mass is 9.89. The lowest BCUT2D eigenvalue weighted by Gasteiger charge is -2.20. The summed E-state index contributed by atoms with van der Waals surface area (Å²) in [5, 5.41) is 8.13. The summed E-state index contributed by atoms with van der Waals surface area (Å²) in [6, 6.07) is 19.5. The normalized spacial score (nSPS) is 11.8. The van der Waals surface area contributed by atoms with Gasteiger partial charge in [0.2, 0.25) is 11.9 Å². The third-order valence-electron chi connectivity index (χ3n) is 34.4. The van der Waals surface area contributed by atoms with E-state index in [0.717, 1.165) is 43.5 Å². The van der Waals surface area contributed by atoms with E-state index < -0.39 is 0 Å². The van der Waals surface area contributed by atoms with E-state index in [1.54, 1.807) is 33.4 Å². The molecule has 0 saturated heterocycles. The van der Waals surface area contributed by atoms with Crippen molar-refractivity contribution in [3.8, 4) is 11.4 Å². The summed E-state index contributed by atoms with van der Waals surface area (Å²) in [6.07, 6.45) is 161. The van der Waals surface area contributed by atoms with E-state index in [-0.39, 0.29) is 0 Å². The average molecular weight is 2050 g/mol. The SMILES string of the molecule is CCCCCCCCCCCCCCCCCCCCc1cc(Nc2nc(Nc3cc(CCCCCCCCCCCCCCCCCCCC)c(CCCCCCCCCCCCCCCCCCCC)c(CCCCCCCCCCCCCCCCCCCC)c3)nc(-c3ccc(CC)cc3)n2)cc(CCCCCCCCCCCCCCCCCCCC)c1CCCCCCCCCCCCCCCCCCCC. The predicted molar refractivity (Wildman–Crippen MR) is 669 cm³/mol. The molecule has 3 aromatic carbocycles. The minimum atomic E-state index is 0.658. The molecule has 0 fully saturated rings. The molecule has 1 aromatic heterocycles. The van der Waals surface area contributed by atoms with E-state index in [9.17, 15) is 0 Å². The van der Waals surface area contributed by atoms with Gasteiger partial charge in [0.05, 0.1) is 0 Å². The van der Waals surface area contributed by atoms with Gasteiger partial charge in [-0.3, -0.25) is 0 Å². The van der Waals surface area contributed by atoms with Crippen LogP contribution < -0.4 is 10.6 Å². The lowest BCUT2D eigenvalue weighted by Crippen LogP contribution is -2.09. The number of unbranched alkanes of at least 4 members (excludes halogenated alkanes) is 102. The fourth-order valence-corrected chi connectivity index (χ4v) is 24.3. The van der Waals surface area contributed by atoms with Crippen molar-refractivity contribution < 1.29 is 0 Å². The predicted octanol–water partition coefficient (Wildman–Crippen LogP) is 51.1. The molecule has 0 atom stereocenters. The molecule has 148 heavy (non-hydrogen) atoms. The Morgan fingerprint density at radius 2 is 0.284 bits per heavy atom. The monoisotopic (exact) mass is 2050 g/mol. The summed E-state index contributed by atoms with van der Waals surface area (Å²) in [5.41, 5.74) is 14.5. The van der Waals surface area contributed by atoms with Crippen LogP contribution in [-0.4, -0.2) is 15.0 Å². The molecule has 0 bridgehead atoms. The second-order valence-electron chi connectivity index (χ2n) is 48.7. The molecule has 2 N–H and O–H groups in total. The molecule has 0 spiro atoms. The molecule has 0 amide bonds. The quantitative estimate of drug-likeness (QED) is 0.0431. The van der Waals surface area contributed by atoms with Gasteiger partial charge in [0, 0.05) is 16.9 Å². The number of rotatable bonds is 120. The fraction of sp³-hybridized carbons (Fsp3) is 0.853. The molecule has 0 aliphatic carbocycles. The van der Waals surface area contributed by atoms with Crippen LogP contribution in [0.5, 0.6) is 0 Å². The van der Waals surface area contributed by atoms with Gasteiger partial charge in [-0.15, -0.1) is 0 Å². The highest BCUT2D eigenvalue weighted by Gasteiger charge is 2.20. The molecule has 858 valence electrons. The number of aromatic nitrogens is 3. The van der Waals surface area contributed by atoms with Gasteiger partial charge in [0.25, 0.3) is 0 Å². The Bertz CT molecular complexity index is 3030. The van der Waals surface area contributed by atoms with Crippen LogP contribution in [-0.2, 0) is 44.9 Å². The van der Waals surface area contributed by atoms with Crippen LogP contribution in [0, 0.1) is 0 Å². The molecule has 4 aromatic rings. The molecule has 0 unspecified atom stereocenters. The first-order valence-electron chi connectivity index (χ1n) is 69.1. The molecule has 1 heterocycles. The first kappa shape index (κ1) is 137. The summed E-state index contributed by atoms with van der Waals surface area (Å²) < 4.78 is 0. The zero-order valence-electron chi connectivity index (χ0n) is 102. The van der Waals surface area contributed by atoms with Crippen molar-refractivity contribution in [2.24, 2.45) is 0 Å². The van der Waals surface area contributed by atoms with Crippen molar-refractivity contribution in [1.82, 2.24) is 15.0 Å². The average Bonchev–Trinajstić information content (AvgIpc) is 0.798. The van der Waals surface area contributed by atoms with Gasteiger partial charge < -0.3 is 10.6 Å². The van der Waals surface area contributed by atoms with Crippen LogP contribution in [0.15, 0.2) is 48.5 Å². The smallest absolute Gasteiger partial charge is 0.232 e. The first-order valence-corrected chi connectivity index (χ1v) is 69.1. The van der Waals surface area contributed by atoms with E-state index in [1.807, 2.05) is 0 Å².